The van der Waals surface area contributed by atoms with E-state index in [9.17, 15) is 8.42 Å². The number of aromatic nitrogens is 2. The van der Waals surface area contributed by atoms with E-state index in [1.807, 2.05) is 42.8 Å². The average Bonchev–Trinajstić information content (AvgIpc) is 3.16. The lowest BCUT2D eigenvalue weighted by atomic mass is 10.3. The lowest BCUT2D eigenvalue weighted by molar-refractivity contribution is 0.554. The van der Waals surface area contributed by atoms with Gasteiger partial charge in [-0.3, -0.25) is 0 Å². The minimum atomic E-state index is -3.19. The third-order valence-electron chi connectivity index (χ3n) is 3.51. The molecule has 1 N–H and O–H groups in total. The Morgan fingerprint density at radius 2 is 2.05 bits per heavy atom. The normalized spacial score (nSPS) is 17.8. The molecule has 5 nitrogen and oxygen atoms in total. The number of sulfonamides is 1. The van der Waals surface area contributed by atoms with Crippen LogP contribution in [0.4, 0.5) is 0 Å². The molecule has 1 aliphatic rings. The molecule has 1 aromatic heterocycles. The van der Waals surface area contributed by atoms with Gasteiger partial charge in [0.05, 0.1) is 22.3 Å². The van der Waals surface area contributed by atoms with Crippen LogP contribution >= 0.6 is 0 Å². The fourth-order valence-corrected chi connectivity index (χ4v) is 3.87. The Morgan fingerprint density at radius 3 is 2.68 bits per heavy atom. The molecule has 0 spiro atoms. The first kappa shape index (κ1) is 12.6. The van der Waals surface area contributed by atoms with Gasteiger partial charge in [0.2, 0.25) is 10.0 Å². The van der Waals surface area contributed by atoms with Crippen LogP contribution in [-0.4, -0.2) is 23.2 Å². The molecule has 3 rings (SSSR count). The van der Waals surface area contributed by atoms with Crippen LogP contribution in [0.1, 0.15) is 31.6 Å². The fraction of sp³-hybridized carbons (Fsp3) is 0.462. The largest absolute Gasteiger partial charge is 0.330 e. The van der Waals surface area contributed by atoms with Gasteiger partial charge in [0.15, 0.2) is 0 Å². The number of hydrogen-bond donors (Lipinski definition) is 1. The second kappa shape index (κ2) is 4.31. The van der Waals surface area contributed by atoms with Crippen LogP contribution in [-0.2, 0) is 17.1 Å². The smallest absolute Gasteiger partial charge is 0.215 e. The van der Waals surface area contributed by atoms with Crippen molar-refractivity contribution in [1.82, 2.24) is 14.3 Å². The summed E-state index contributed by atoms with van der Waals surface area (Å²) in [5.74, 6) is 0.741. The molecule has 0 amide bonds. The van der Waals surface area contributed by atoms with Gasteiger partial charge in [0.1, 0.15) is 5.82 Å². The standard InChI is InChI=1S/C13H17N3O2S/c1-9(15-19(17,18)10-7-8-10)13-14-11-5-3-4-6-12(11)16(13)2/h3-6,9-10,15H,7-8H2,1-2H3/t9-/m0/s1. The quantitative estimate of drug-likeness (QED) is 0.926. The van der Waals surface area contributed by atoms with Gasteiger partial charge < -0.3 is 4.57 Å². The molecule has 0 saturated heterocycles. The van der Waals surface area contributed by atoms with Gasteiger partial charge in [-0.1, -0.05) is 12.1 Å². The lowest BCUT2D eigenvalue weighted by Gasteiger charge is -2.13. The van der Waals surface area contributed by atoms with E-state index in [0.29, 0.717) is 0 Å². The van der Waals surface area contributed by atoms with Crippen molar-refractivity contribution in [1.29, 1.82) is 0 Å². The van der Waals surface area contributed by atoms with Gasteiger partial charge in [-0.05, 0) is 31.9 Å². The molecular formula is C13H17N3O2S. The van der Waals surface area contributed by atoms with Gasteiger partial charge in [-0.15, -0.1) is 0 Å². The summed E-state index contributed by atoms with van der Waals surface area (Å²) >= 11 is 0. The Morgan fingerprint density at radius 1 is 1.37 bits per heavy atom. The van der Waals surface area contributed by atoms with Crippen molar-refractivity contribution in [3.8, 4) is 0 Å². The van der Waals surface area contributed by atoms with E-state index in [1.165, 1.54) is 0 Å². The minimum absolute atomic E-state index is 0.204. The number of rotatable bonds is 4. The minimum Gasteiger partial charge on any atom is -0.330 e. The van der Waals surface area contributed by atoms with Crippen molar-refractivity contribution >= 4 is 21.1 Å². The number of benzene rings is 1. The highest BCUT2D eigenvalue weighted by Crippen LogP contribution is 2.29. The molecule has 19 heavy (non-hydrogen) atoms. The Kier molecular flexibility index (Phi) is 2.87. The topological polar surface area (TPSA) is 64.0 Å². The van der Waals surface area contributed by atoms with Gasteiger partial charge in [-0.25, -0.2) is 18.1 Å². The molecule has 1 aromatic carbocycles. The van der Waals surface area contributed by atoms with E-state index < -0.39 is 10.0 Å². The van der Waals surface area contributed by atoms with Crippen LogP contribution in [0.15, 0.2) is 24.3 Å². The molecule has 102 valence electrons. The second-order valence-corrected chi connectivity index (χ2v) is 7.09. The molecule has 1 atom stereocenters. The second-order valence-electron chi connectivity index (χ2n) is 5.10. The molecule has 2 aromatic rings. The van der Waals surface area contributed by atoms with Crippen LogP contribution in [0.2, 0.25) is 0 Å². The van der Waals surface area contributed by atoms with Gasteiger partial charge in [0.25, 0.3) is 0 Å². The lowest BCUT2D eigenvalue weighted by Crippen LogP contribution is -2.31. The van der Waals surface area contributed by atoms with E-state index in [0.717, 1.165) is 29.7 Å². The average molecular weight is 279 g/mol. The summed E-state index contributed by atoms with van der Waals surface area (Å²) in [6.45, 7) is 1.83. The van der Waals surface area contributed by atoms with E-state index in [-0.39, 0.29) is 11.3 Å². The maximum absolute atomic E-state index is 12.0. The van der Waals surface area contributed by atoms with Crippen LogP contribution in [0.5, 0.6) is 0 Å². The number of imidazole rings is 1. The first-order valence-corrected chi connectivity index (χ1v) is 7.96. The number of aryl methyl sites for hydroxylation is 1. The van der Waals surface area contributed by atoms with E-state index in [1.54, 1.807) is 0 Å². The third-order valence-corrected chi connectivity index (χ3v) is 5.54. The number of nitrogens with zero attached hydrogens (tertiary/aromatic N) is 2. The highest BCUT2D eigenvalue weighted by Gasteiger charge is 2.37. The van der Waals surface area contributed by atoms with Crippen molar-refractivity contribution in [2.45, 2.75) is 31.1 Å². The summed E-state index contributed by atoms with van der Waals surface area (Å²) in [6.07, 6.45) is 1.54. The van der Waals surface area contributed by atoms with Gasteiger partial charge in [-0.2, -0.15) is 0 Å². The highest BCUT2D eigenvalue weighted by molar-refractivity contribution is 7.90. The Hall–Kier alpha value is -1.40. The molecule has 1 aliphatic carbocycles. The van der Waals surface area contributed by atoms with Crippen molar-refractivity contribution in [2.24, 2.45) is 7.05 Å². The van der Waals surface area contributed by atoms with Crippen molar-refractivity contribution in [3.05, 3.63) is 30.1 Å². The zero-order valence-electron chi connectivity index (χ0n) is 11.0. The summed E-state index contributed by atoms with van der Waals surface area (Å²) in [7, 11) is -1.28. The molecule has 0 bridgehead atoms. The first-order chi connectivity index (χ1) is 8.99. The van der Waals surface area contributed by atoms with Crippen LogP contribution in [0, 0.1) is 0 Å². The predicted molar refractivity (Wildman–Crippen MR) is 74.2 cm³/mol. The van der Waals surface area contributed by atoms with Crippen molar-refractivity contribution < 1.29 is 8.42 Å². The zero-order valence-corrected chi connectivity index (χ0v) is 11.8. The van der Waals surface area contributed by atoms with Crippen LogP contribution < -0.4 is 4.72 Å². The number of nitrogens with one attached hydrogen (secondary N) is 1. The van der Waals surface area contributed by atoms with Crippen LogP contribution in [0.25, 0.3) is 11.0 Å². The monoisotopic (exact) mass is 279 g/mol. The predicted octanol–water partition coefficient (Wildman–Crippen LogP) is 1.72. The molecule has 0 unspecified atom stereocenters. The van der Waals surface area contributed by atoms with E-state index in [4.69, 9.17) is 0 Å². The van der Waals surface area contributed by atoms with E-state index in [2.05, 4.69) is 9.71 Å². The molecule has 1 saturated carbocycles. The maximum Gasteiger partial charge on any atom is 0.215 e. The number of hydrogen-bond acceptors (Lipinski definition) is 3. The Labute approximate surface area is 112 Å². The summed E-state index contributed by atoms with van der Waals surface area (Å²) in [6, 6.07) is 7.47. The maximum atomic E-state index is 12.0. The fourth-order valence-electron chi connectivity index (χ4n) is 2.33. The summed E-state index contributed by atoms with van der Waals surface area (Å²) < 4.78 is 28.6. The Bertz CT molecular complexity index is 717. The van der Waals surface area contributed by atoms with Crippen LogP contribution in [0.3, 0.4) is 0 Å². The molecule has 1 fully saturated rings. The summed E-state index contributed by atoms with van der Waals surface area (Å²) in [5.41, 5.74) is 1.90. The summed E-state index contributed by atoms with van der Waals surface area (Å²) in [4.78, 5) is 4.51. The molecule has 0 radical (unpaired) electrons. The zero-order chi connectivity index (χ0) is 13.6. The number of para-hydroxylation sites is 2. The molecule has 0 aliphatic heterocycles. The van der Waals surface area contributed by atoms with E-state index >= 15 is 0 Å². The van der Waals surface area contributed by atoms with Gasteiger partial charge >= 0.3 is 0 Å². The third kappa shape index (κ3) is 2.26. The van der Waals surface area contributed by atoms with Gasteiger partial charge in [0, 0.05) is 7.05 Å². The highest BCUT2D eigenvalue weighted by atomic mass is 32.2. The first-order valence-electron chi connectivity index (χ1n) is 6.41. The Balaban J connectivity index is 1.93. The molecule has 1 heterocycles. The molecule has 6 heteroatoms. The number of fused-ring (bicyclic) bond motifs is 1. The van der Waals surface area contributed by atoms with Crippen molar-refractivity contribution in [2.75, 3.05) is 0 Å². The SMILES string of the molecule is C[C@H](NS(=O)(=O)C1CC1)c1nc2ccccc2n1C. The summed E-state index contributed by atoms with van der Waals surface area (Å²) in [5, 5.41) is -0.204. The van der Waals surface area contributed by atoms with Crippen molar-refractivity contribution in [3.63, 3.8) is 0 Å². The molecular weight excluding hydrogens is 262 g/mol.